The molecule has 0 saturated heterocycles. The van der Waals surface area contributed by atoms with Crippen LogP contribution in [0.4, 0.5) is 0 Å². The molecule has 2 aromatic rings. The van der Waals surface area contributed by atoms with Gasteiger partial charge in [-0.15, -0.1) is 0 Å². The van der Waals surface area contributed by atoms with Crippen molar-refractivity contribution >= 4 is 5.78 Å². The van der Waals surface area contributed by atoms with E-state index in [1.807, 2.05) is 0 Å². The van der Waals surface area contributed by atoms with Crippen LogP contribution in [0.3, 0.4) is 0 Å². The number of phenols is 5. The standard InChI is InChI=1S/C14H12O6/c1-6-2-3-8(15)14(20)11(6)12(18)7-4-9(16)13(19)10(17)5-7/h2-5,15-17,19-20H,1H3. The van der Waals surface area contributed by atoms with Gasteiger partial charge >= 0.3 is 0 Å². The lowest BCUT2D eigenvalue weighted by Crippen LogP contribution is -2.04. The zero-order chi connectivity index (χ0) is 15.0. The first-order valence-corrected chi connectivity index (χ1v) is 5.64. The first kappa shape index (κ1) is 13.5. The summed E-state index contributed by atoms with van der Waals surface area (Å²) in [5, 5.41) is 47.2. The molecule has 0 amide bonds. The van der Waals surface area contributed by atoms with E-state index < -0.39 is 34.5 Å². The van der Waals surface area contributed by atoms with Crippen LogP contribution in [0.25, 0.3) is 0 Å². The van der Waals surface area contributed by atoms with E-state index in [4.69, 9.17) is 0 Å². The average Bonchev–Trinajstić information content (AvgIpc) is 2.40. The second kappa shape index (κ2) is 4.65. The van der Waals surface area contributed by atoms with Crippen LogP contribution in [0.15, 0.2) is 24.3 Å². The number of hydrogen-bond donors (Lipinski definition) is 5. The first-order chi connectivity index (χ1) is 9.32. The summed E-state index contributed by atoms with van der Waals surface area (Å²) in [6.07, 6.45) is 0. The highest BCUT2D eigenvalue weighted by molar-refractivity contribution is 6.12. The largest absolute Gasteiger partial charge is 0.504 e. The fourth-order valence-corrected chi connectivity index (χ4v) is 1.85. The van der Waals surface area contributed by atoms with E-state index in [1.54, 1.807) is 6.92 Å². The molecule has 0 unspecified atom stereocenters. The zero-order valence-corrected chi connectivity index (χ0v) is 10.5. The highest BCUT2D eigenvalue weighted by Gasteiger charge is 2.21. The van der Waals surface area contributed by atoms with Gasteiger partial charge in [-0.05, 0) is 30.7 Å². The van der Waals surface area contributed by atoms with E-state index in [0.717, 1.165) is 12.1 Å². The van der Waals surface area contributed by atoms with Gasteiger partial charge in [0.15, 0.2) is 34.5 Å². The Morgan fingerprint density at radius 1 is 0.850 bits per heavy atom. The lowest BCUT2D eigenvalue weighted by Gasteiger charge is -2.10. The predicted molar refractivity (Wildman–Crippen MR) is 69.4 cm³/mol. The van der Waals surface area contributed by atoms with E-state index in [2.05, 4.69) is 0 Å². The van der Waals surface area contributed by atoms with E-state index in [-0.39, 0.29) is 11.1 Å². The molecule has 20 heavy (non-hydrogen) atoms. The number of aromatic hydroxyl groups is 5. The lowest BCUT2D eigenvalue weighted by atomic mass is 9.97. The van der Waals surface area contributed by atoms with Gasteiger partial charge < -0.3 is 25.5 Å². The van der Waals surface area contributed by atoms with Gasteiger partial charge in [-0.2, -0.15) is 0 Å². The molecule has 0 aliphatic rings. The number of hydrogen-bond acceptors (Lipinski definition) is 6. The predicted octanol–water partition coefficient (Wildman–Crippen LogP) is 1.75. The van der Waals surface area contributed by atoms with E-state index in [0.29, 0.717) is 5.56 Å². The molecule has 104 valence electrons. The van der Waals surface area contributed by atoms with Crippen molar-refractivity contribution in [1.82, 2.24) is 0 Å². The fourth-order valence-electron chi connectivity index (χ4n) is 1.85. The van der Waals surface area contributed by atoms with Gasteiger partial charge in [-0.3, -0.25) is 4.79 Å². The number of rotatable bonds is 2. The zero-order valence-electron chi connectivity index (χ0n) is 10.5. The Morgan fingerprint density at radius 2 is 1.40 bits per heavy atom. The third-order valence-electron chi connectivity index (χ3n) is 2.92. The Labute approximate surface area is 113 Å². The van der Waals surface area contributed by atoms with Gasteiger partial charge in [0.25, 0.3) is 0 Å². The minimum atomic E-state index is -0.738. The van der Waals surface area contributed by atoms with Crippen LogP contribution < -0.4 is 0 Å². The van der Waals surface area contributed by atoms with Crippen LogP contribution in [0.5, 0.6) is 28.7 Å². The van der Waals surface area contributed by atoms with Crippen molar-refractivity contribution in [2.75, 3.05) is 0 Å². The number of ketones is 1. The Bertz CT molecular complexity index is 682. The molecule has 6 nitrogen and oxygen atoms in total. The van der Waals surface area contributed by atoms with Crippen LogP contribution in [0, 0.1) is 6.92 Å². The number of carbonyl (C=O) groups is 1. The smallest absolute Gasteiger partial charge is 0.200 e. The Morgan fingerprint density at radius 3 is 1.95 bits per heavy atom. The van der Waals surface area contributed by atoms with Crippen LogP contribution in [0.1, 0.15) is 21.5 Å². The third kappa shape index (κ3) is 2.07. The molecule has 0 aliphatic carbocycles. The summed E-state index contributed by atoms with van der Waals surface area (Å²) in [5.74, 6) is -3.80. The van der Waals surface area contributed by atoms with Gasteiger partial charge in [-0.1, -0.05) is 6.07 Å². The molecular formula is C14H12O6. The molecule has 0 spiro atoms. The molecule has 2 rings (SSSR count). The van der Waals surface area contributed by atoms with Crippen LogP contribution >= 0.6 is 0 Å². The maximum atomic E-state index is 12.3. The minimum Gasteiger partial charge on any atom is -0.504 e. The number of carbonyl (C=O) groups excluding carboxylic acids is 1. The quantitative estimate of drug-likeness (QED) is 0.421. The first-order valence-electron chi connectivity index (χ1n) is 5.64. The Kier molecular flexibility index (Phi) is 3.15. The van der Waals surface area contributed by atoms with Crippen molar-refractivity contribution in [2.24, 2.45) is 0 Å². The third-order valence-corrected chi connectivity index (χ3v) is 2.92. The van der Waals surface area contributed by atoms with Crippen molar-refractivity contribution in [2.45, 2.75) is 6.92 Å². The Balaban J connectivity index is 2.61. The molecule has 6 heteroatoms. The van der Waals surface area contributed by atoms with E-state index >= 15 is 0 Å². The molecule has 0 fully saturated rings. The van der Waals surface area contributed by atoms with Gasteiger partial charge in [0.2, 0.25) is 0 Å². The number of aryl methyl sites for hydroxylation is 1. The minimum absolute atomic E-state index is 0.137. The maximum Gasteiger partial charge on any atom is 0.200 e. The van der Waals surface area contributed by atoms with Crippen LogP contribution in [-0.2, 0) is 0 Å². The van der Waals surface area contributed by atoms with Crippen molar-refractivity contribution in [3.63, 3.8) is 0 Å². The second-order valence-corrected chi connectivity index (χ2v) is 4.32. The normalized spacial score (nSPS) is 10.4. The van der Waals surface area contributed by atoms with Gasteiger partial charge in [0.1, 0.15) is 0 Å². The van der Waals surface area contributed by atoms with Crippen molar-refractivity contribution in [1.29, 1.82) is 0 Å². The van der Waals surface area contributed by atoms with Crippen molar-refractivity contribution in [3.8, 4) is 28.7 Å². The van der Waals surface area contributed by atoms with Gasteiger partial charge in [-0.25, -0.2) is 0 Å². The molecule has 0 aromatic heterocycles. The highest BCUT2D eigenvalue weighted by atomic mass is 16.3. The van der Waals surface area contributed by atoms with Gasteiger partial charge in [0.05, 0.1) is 5.56 Å². The monoisotopic (exact) mass is 276 g/mol. The SMILES string of the molecule is Cc1ccc(O)c(O)c1C(=O)c1cc(O)c(O)c(O)c1. The average molecular weight is 276 g/mol. The second-order valence-electron chi connectivity index (χ2n) is 4.32. The molecule has 0 bridgehead atoms. The molecule has 5 N–H and O–H groups in total. The summed E-state index contributed by atoms with van der Waals surface area (Å²) in [6.45, 7) is 1.56. The topological polar surface area (TPSA) is 118 Å². The fraction of sp³-hybridized carbons (Fsp3) is 0.0714. The van der Waals surface area contributed by atoms with E-state index in [9.17, 15) is 30.3 Å². The number of phenolic OH excluding ortho intramolecular Hbond substituents is 5. The summed E-state index contributed by atoms with van der Waals surface area (Å²) in [6, 6.07) is 4.61. The summed E-state index contributed by atoms with van der Waals surface area (Å²) in [4.78, 5) is 12.3. The van der Waals surface area contributed by atoms with Crippen molar-refractivity contribution < 1.29 is 30.3 Å². The molecule has 0 radical (unpaired) electrons. The highest BCUT2D eigenvalue weighted by Crippen LogP contribution is 2.38. The number of benzene rings is 2. The van der Waals surface area contributed by atoms with Crippen LogP contribution in [0.2, 0.25) is 0 Å². The summed E-state index contributed by atoms with van der Waals surface area (Å²) in [5.41, 5.74) is 0.133. The summed E-state index contributed by atoms with van der Waals surface area (Å²) >= 11 is 0. The van der Waals surface area contributed by atoms with Crippen molar-refractivity contribution in [3.05, 3.63) is 41.0 Å². The molecule has 2 aromatic carbocycles. The maximum absolute atomic E-state index is 12.3. The summed E-state index contributed by atoms with van der Waals surface area (Å²) in [7, 11) is 0. The lowest BCUT2D eigenvalue weighted by molar-refractivity contribution is 0.103. The Hall–Kier alpha value is -2.89. The molecule has 0 atom stereocenters. The molecule has 0 saturated carbocycles. The molecular weight excluding hydrogens is 264 g/mol. The van der Waals surface area contributed by atoms with Crippen LogP contribution in [-0.4, -0.2) is 31.3 Å². The molecule has 0 heterocycles. The van der Waals surface area contributed by atoms with Gasteiger partial charge in [0, 0.05) is 5.56 Å². The molecule has 0 aliphatic heterocycles. The van der Waals surface area contributed by atoms with E-state index in [1.165, 1.54) is 12.1 Å². The summed E-state index contributed by atoms with van der Waals surface area (Å²) < 4.78 is 0.